The first kappa shape index (κ1) is 14.8. The third kappa shape index (κ3) is 4.47. The molecule has 2 rings (SSSR count). The molecule has 0 atom stereocenters. The highest BCUT2D eigenvalue weighted by Crippen LogP contribution is 2.27. The molecule has 0 bridgehead atoms. The highest BCUT2D eigenvalue weighted by Gasteiger charge is 2.23. The Labute approximate surface area is 111 Å². The summed E-state index contributed by atoms with van der Waals surface area (Å²) in [6.07, 6.45) is 9.29. The van der Waals surface area contributed by atoms with Gasteiger partial charge in [0.25, 0.3) is 0 Å². The van der Waals surface area contributed by atoms with E-state index in [4.69, 9.17) is 5.73 Å². The molecule has 100 valence electrons. The van der Waals surface area contributed by atoms with Crippen molar-refractivity contribution >= 4 is 18.3 Å². The Morgan fingerprint density at radius 1 is 1.06 bits per heavy atom. The van der Waals surface area contributed by atoms with E-state index in [0.29, 0.717) is 17.9 Å². The zero-order valence-electron chi connectivity index (χ0n) is 10.6. The van der Waals surface area contributed by atoms with Gasteiger partial charge in [0.2, 0.25) is 5.91 Å². The van der Waals surface area contributed by atoms with Crippen LogP contribution >= 0.6 is 12.4 Å². The summed E-state index contributed by atoms with van der Waals surface area (Å²) in [5.41, 5.74) is 5.84. The van der Waals surface area contributed by atoms with Crippen LogP contribution in [0.1, 0.15) is 51.4 Å². The number of carbonyl (C=O) groups is 1. The molecular formula is C13H25ClN2O. The summed E-state index contributed by atoms with van der Waals surface area (Å²) in [5, 5.41) is 0. The first-order chi connectivity index (χ1) is 7.75. The lowest BCUT2D eigenvalue weighted by Gasteiger charge is -2.32. The van der Waals surface area contributed by atoms with Crippen molar-refractivity contribution in [1.29, 1.82) is 0 Å². The maximum Gasteiger partial charge on any atom is 0.222 e. The van der Waals surface area contributed by atoms with Crippen LogP contribution in [0.5, 0.6) is 0 Å². The molecule has 2 aliphatic rings. The second kappa shape index (κ2) is 7.22. The second-order valence-corrected chi connectivity index (χ2v) is 5.43. The third-order valence-electron chi connectivity index (χ3n) is 4.08. The third-order valence-corrected chi connectivity index (χ3v) is 4.08. The summed E-state index contributed by atoms with van der Waals surface area (Å²) < 4.78 is 0. The number of nitrogens with zero attached hydrogens (tertiary/aromatic N) is 1. The first-order valence-electron chi connectivity index (χ1n) is 6.79. The van der Waals surface area contributed by atoms with Crippen molar-refractivity contribution < 1.29 is 4.79 Å². The fourth-order valence-electron chi connectivity index (χ4n) is 2.92. The van der Waals surface area contributed by atoms with Gasteiger partial charge in [0.15, 0.2) is 0 Å². The van der Waals surface area contributed by atoms with E-state index in [-0.39, 0.29) is 12.4 Å². The molecule has 1 saturated heterocycles. The molecule has 0 unspecified atom stereocenters. The van der Waals surface area contributed by atoms with Gasteiger partial charge in [-0.3, -0.25) is 4.79 Å². The Morgan fingerprint density at radius 2 is 1.65 bits per heavy atom. The van der Waals surface area contributed by atoms with Crippen LogP contribution in [-0.4, -0.2) is 29.9 Å². The number of carbonyl (C=O) groups excluding carboxylic acids is 1. The number of hydrogen-bond donors (Lipinski definition) is 1. The SMILES string of the molecule is Cl.NC1CCN(C(=O)CC2CCCCC2)CC1. The quantitative estimate of drug-likeness (QED) is 0.828. The van der Waals surface area contributed by atoms with E-state index in [1.54, 1.807) is 0 Å². The topological polar surface area (TPSA) is 46.3 Å². The zero-order chi connectivity index (χ0) is 11.4. The summed E-state index contributed by atoms with van der Waals surface area (Å²) >= 11 is 0. The number of halogens is 1. The van der Waals surface area contributed by atoms with Gasteiger partial charge in [-0.2, -0.15) is 0 Å². The van der Waals surface area contributed by atoms with Crippen molar-refractivity contribution in [3.05, 3.63) is 0 Å². The molecule has 1 amide bonds. The fourth-order valence-corrected chi connectivity index (χ4v) is 2.92. The Hall–Kier alpha value is -0.280. The number of amides is 1. The Kier molecular flexibility index (Phi) is 6.28. The molecule has 1 aliphatic heterocycles. The maximum atomic E-state index is 12.1. The Morgan fingerprint density at radius 3 is 2.24 bits per heavy atom. The van der Waals surface area contributed by atoms with Gasteiger partial charge in [-0.25, -0.2) is 0 Å². The smallest absolute Gasteiger partial charge is 0.222 e. The number of piperidine rings is 1. The Balaban J connectivity index is 0.00000144. The molecule has 0 aromatic heterocycles. The van der Waals surface area contributed by atoms with Crippen LogP contribution in [0, 0.1) is 5.92 Å². The lowest BCUT2D eigenvalue weighted by Crippen LogP contribution is -2.43. The van der Waals surface area contributed by atoms with Gasteiger partial charge in [-0.05, 0) is 31.6 Å². The first-order valence-corrected chi connectivity index (χ1v) is 6.79. The van der Waals surface area contributed by atoms with Gasteiger partial charge in [0.1, 0.15) is 0 Å². The average Bonchev–Trinajstić information content (AvgIpc) is 2.31. The summed E-state index contributed by atoms with van der Waals surface area (Å²) in [5.74, 6) is 1.04. The summed E-state index contributed by atoms with van der Waals surface area (Å²) in [7, 11) is 0. The molecule has 4 heteroatoms. The zero-order valence-corrected chi connectivity index (χ0v) is 11.4. The van der Waals surface area contributed by atoms with Crippen molar-refractivity contribution in [3.63, 3.8) is 0 Å². The van der Waals surface area contributed by atoms with Crippen molar-refractivity contribution in [2.75, 3.05) is 13.1 Å². The van der Waals surface area contributed by atoms with Gasteiger partial charge in [-0.15, -0.1) is 12.4 Å². The molecule has 17 heavy (non-hydrogen) atoms. The van der Waals surface area contributed by atoms with E-state index >= 15 is 0 Å². The molecule has 2 N–H and O–H groups in total. The highest BCUT2D eigenvalue weighted by atomic mass is 35.5. The van der Waals surface area contributed by atoms with Crippen LogP contribution in [0.2, 0.25) is 0 Å². The van der Waals surface area contributed by atoms with Crippen LogP contribution in [-0.2, 0) is 4.79 Å². The van der Waals surface area contributed by atoms with Gasteiger partial charge >= 0.3 is 0 Å². The van der Waals surface area contributed by atoms with E-state index in [9.17, 15) is 4.79 Å². The molecule has 2 fully saturated rings. The Bertz CT molecular complexity index is 234. The molecule has 0 aromatic carbocycles. The van der Waals surface area contributed by atoms with E-state index in [1.165, 1.54) is 32.1 Å². The van der Waals surface area contributed by atoms with Crippen LogP contribution < -0.4 is 5.73 Å². The minimum Gasteiger partial charge on any atom is -0.343 e. The van der Waals surface area contributed by atoms with E-state index < -0.39 is 0 Å². The predicted molar refractivity (Wildman–Crippen MR) is 72.2 cm³/mol. The number of rotatable bonds is 2. The molecule has 0 spiro atoms. The lowest BCUT2D eigenvalue weighted by molar-refractivity contribution is -0.133. The van der Waals surface area contributed by atoms with Gasteiger partial charge in [-0.1, -0.05) is 19.3 Å². The van der Waals surface area contributed by atoms with Crippen LogP contribution in [0.3, 0.4) is 0 Å². The number of nitrogens with two attached hydrogens (primary N) is 1. The monoisotopic (exact) mass is 260 g/mol. The van der Waals surface area contributed by atoms with Gasteiger partial charge in [0, 0.05) is 25.6 Å². The maximum absolute atomic E-state index is 12.1. The summed E-state index contributed by atoms with van der Waals surface area (Å²) in [4.78, 5) is 14.1. The molecular weight excluding hydrogens is 236 g/mol. The molecule has 0 radical (unpaired) electrons. The predicted octanol–water partition coefficient (Wildman–Crippen LogP) is 2.33. The van der Waals surface area contributed by atoms with Gasteiger partial charge < -0.3 is 10.6 Å². The van der Waals surface area contributed by atoms with Crippen molar-refractivity contribution in [2.45, 2.75) is 57.4 Å². The standard InChI is InChI=1S/C13H24N2O.ClH/c14-12-6-8-15(9-7-12)13(16)10-11-4-2-1-3-5-11;/h11-12H,1-10,14H2;1H. The van der Waals surface area contributed by atoms with E-state index in [2.05, 4.69) is 0 Å². The summed E-state index contributed by atoms with van der Waals surface area (Å²) in [6, 6.07) is 0.318. The lowest BCUT2D eigenvalue weighted by atomic mass is 9.86. The fraction of sp³-hybridized carbons (Fsp3) is 0.923. The van der Waals surface area contributed by atoms with Crippen molar-refractivity contribution in [3.8, 4) is 0 Å². The molecule has 3 nitrogen and oxygen atoms in total. The number of hydrogen-bond acceptors (Lipinski definition) is 2. The molecule has 1 heterocycles. The second-order valence-electron chi connectivity index (χ2n) is 5.43. The summed E-state index contributed by atoms with van der Waals surface area (Å²) in [6.45, 7) is 1.76. The van der Waals surface area contributed by atoms with Crippen molar-refractivity contribution in [2.24, 2.45) is 11.7 Å². The minimum atomic E-state index is 0. The van der Waals surface area contributed by atoms with Crippen molar-refractivity contribution in [1.82, 2.24) is 4.90 Å². The highest BCUT2D eigenvalue weighted by molar-refractivity contribution is 5.85. The van der Waals surface area contributed by atoms with Crippen LogP contribution in [0.4, 0.5) is 0 Å². The van der Waals surface area contributed by atoms with Gasteiger partial charge in [0.05, 0.1) is 0 Å². The minimum absolute atomic E-state index is 0. The van der Waals surface area contributed by atoms with E-state index in [0.717, 1.165) is 32.4 Å². The van der Waals surface area contributed by atoms with Crippen LogP contribution in [0.15, 0.2) is 0 Å². The largest absolute Gasteiger partial charge is 0.343 e. The average molecular weight is 261 g/mol. The molecule has 0 aromatic rings. The molecule has 1 aliphatic carbocycles. The van der Waals surface area contributed by atoms with Crippen LogP contribution in [0.25, 0.3) is 0 Å². The number of likely N-dealkylation sites (tertiary alicyclic amines) is 1. The van der Waals surface area contributed by atoms with E-state index in [1.807, 2.05) is 4.90 Å². The normalized spacial score (nSPS) is 23.2. The molecule has 1 saturated carbocycles.